The maximum Gasteiger partial charge on any atom is 0.145 e. The van der Waals surface area contributed by atoms with E-state index in [1.807, 2.05) is 0 Å². The minimum absolute atomic E-state index is 0.139. The molecule has 0 heterocycles. The zero-order chi connectivity index (χ0) is 11.3. The Morgan fingerprint density at radius 3 is 2.60 bits per heavy atom. The number of ketones is 1. The Balaban J connectivity index is 2.47. The third-order valence-corrected chi connectivity index (χ3v) is 4.47. The fourth-order valence-corrected chi connectivity index (χ4v) is 3.60. The Kier molecular flexibility index (Phi) is 2.33. The number of allylic oxidation sites excluding steroid dienone is 2. The Bertz CT molecular complexity index is 324. The Hall–Kier alpha value is -0.590. The van der Waals surface area contributed by atoms with Gasteiger partial charge in [-0.25, -0.2) is 0 Å². The molecule has 1 heteroatoms. The smallest absolute Gasteiger partial charge is 0.145 e. The molecule has 15 heavy (non-hydrogen) atoms. The Morgan fingerprint density at radius 1 is 1.27 bits per heavy atom. The van der Waals surface area contributed by atoms with Crippen LogP contribution in [0.2, 0.25) is 0 Å². The van der Waals surface area contributed by atoms with Crippen molar-refractivity contribution in [2.45, 2.75) is 53.4 Å². The molecule has 2 aliphatic carbocycles. The minimum Gasteiger partial charge on any atom is -0.298 e. The molecule has 0 aromatic rings. The van der Waals surface area contributed by atoms with Gasteiger partial charge < -0.3 is 0 Å². The molecule has 2 rings (SSSR count). The fraction of sp³-hybridized carbons (Fsp3) is 0.786. The van der Waals surface area contributed by atoms with E-state index in [9.17, 15) is 4.79 Å². The number of fused-ring (bicyclic) bond motifs is 1. The number of Topliss-reactive ketones (excluding diaryl/α,β-unsaturated/α-hetero) is 1. The van der Waals surface area contributed by atoms with Gasteiger partial charge in [0.2, 0.25) is 0 Å². The Morgan fingerprint density at radius 2 is 1.93 bits per heavy atom. The summed E-state index contributed by atoms with van der Waals surface area (Å²) in [4.78, 5) is 12.3. The van der Waals surface area contributed by atoms with Crippen LogP contribution in [-0.4, -0.2) is 5.78 Å². The Labute approximate surface area is 92.9 Å². The standard InChI is InChI=1S/C14H22O/c1-10-6-7-11-13(2,3)8-5-9-14(11,4)12(10)15/h7,10H,5-6,8-9H2,1-4H3/t10?,14-/m0/s1. The average Bonchev–Trinajstić information content (AvgIpc) is 2.12. The monoisotopic (exact) mass is 206 g/mol. The van der Waals surface area contributed by atoms with Gasteiger partial charge in [0.05, 0.1) is 0 Å². The van der Waals surface area contributed by atoms with Crippen molar-refractivity contribution in [1.82, 2.24) is 0 Å². The van der Waals surface area contributed by atoms with Crippen LogP contribution in [0.5, 0.6) is 0 Å². The number of rotatable bonds is 0. The van der Waals surface area contributed by atoms with Gasteiger partial charge in [-0.3, -0.25) is 4.79 Å². The average molecular weight is 206 g/mol. The summed E-state index contributed by atoms with van der Waals surface area (Å²) in [5.41, 5.74) is 1.52. The first-order chi connectivity index (χ1) is 6.88. The quantitative estimate of drug-likeness (QED) is 0.552. The maximum absolute atomic E-state index is 12.3. The van der Waals surface area contributed by atoms with E-state index in [1.54, 1.807) is 0 Å². The van der Waals surface area contributed by atoms with Crippen molar-refractivity contribution < 1.29 is 4.79 Å². The molecule has 1 nitrogen and oxygen atoms in total. The van der Waals surface area contributed by atoms with Gasteiger partial charge in [-0.05, 0) is 31.6 Å². The summed E-state index contributed by atoms with van der Waals surface area (Å²) >= 11 is 0. The fourth-order valence-electron chi connectivity index (χ4n) is 3.60. The van der Waals surface area contributed by atoms with Gasteiger partial charge in [0.15, 0.2) is 0 Å². The van der Waals surface area contributed by atoms with Crippen molar-refractivity contribution in [3.8, 4) is 0 Å². The lowest BCUT2D eigenvalue weighted by molar-refractivity contribution is -0.132. The second-order valence-corrected chi connectivity index (χ2v) is 6.19. The largest absolute Gasteiger partial charge is 0.298 e. The molecular formula is C14H22O. The third kappa shape index (κ3) is 1.47. The van der Waals surface area contributed by atoms with Gasteiger partial charge >= 0.3 is 0 Å². The van der Waals surface area contributed by atoms with E-state index in [4.69, 9.17) is 0 Å². The highest BCUT2D eigenvalue weighted by Crippen LogP contribution is 2.54. The highest BCUT2D eigenvalue weighted by molar-refractivity contribution is 5.91. The number of hydrogen-bond donors (Lipinski definition) is 0. The first-order valence-electron chi connectivity index (χ1n) is 6.13. The highest BCUT2D eigenvalue weighted by Gasteiger charge is 2.48. The van der Waals surface area contributed by atoms with E-state index >= 15 is 0 Å². The molecular weight excluding hydrogens is 184 g/mol. The van der Waals surface area contributed by atoms with E-state index in [1.165, 1.54) is 18.4 Å². The molecule has 0 radical (unpaired) electrons. The molecule has 1 saturated carbocycles. The van der Waals surface area contributed by atoms with Crippen LogP contribution >= 0.6 is 0 Å². The molecule has 0 N–H and O–H groups in total. The predicted octanol–water partition coefficient (Wildman–Crippen LogP) is 3.74. The summed E-state index contributed by atoms with van der Waals surface area (Å²) in [6.07, 6.45) is 6.79. The maximum atomic E-state index is 12.3. The van der Waals surface area contributed by atoms with Crippen molar-refractivity contribution in [2.75, 3.05) is 0 Å². The molecule has 0 saturated heterocycles. The van der Waals surface area contributed by atoms with Crippen molar-refractivity contribution >= 4 is 5.78 Å². The molecule has 2 atom stereocenters. The zero-order valence-corrected chi connectivity index (χ0v) is 10.4. The first-order valence-corrected chi connectivity index (χ1v) is 6.13. The molecule has 0 amide bonds. The topological polar surface area (TPSA) is 17.1 Å². The van der Waals surface area contributed by atoms with Gasteiger partial charge in [-0.1, -0.05) is 38.8 Å². The van der Waals surface area contributed by atoms with Crippen molar-refractivity contribution in [1.29, 1.82) is 0 Å². The molecule has 1 unspecified atom stereocenters. The molecule has 0 bridgehead atoms. The van der Waals surface area contributed by atoms with Crippen LogP contribution in [0.4, 0.5) is 0 Å². The number of carbonyl (C=O) groups is 1. The predicted molar refractivity (Wildman–Crippen MR) is 62.6 cm³/mol. The molecule has 84 valence electrons. The summed E-state index contributed by atoms with van der Waals surface area (Å²) in [5.74, 6) is 0.709. The lowest BCUT2D eigenvalue weighted by atomic mass is 9.55. The van der Waals surface area contributed by atoms with Gasteiger partial charge in [0.1, 0.15) is 5.78 Å². The molecule has 2 aliphatic rings. The summed E-state index contributed by atoms with van der Waals surface area (Å²) < 4.78 is 0. The van der Waals surface area contributed by atoms with Crippen molar-refractivity contribution in [3.63, 3.8) is 0 Å². The van der Waals surface area contributed by atoms with Crippen LogP contribution in [-0.2, 0) is 4.79 Å². The van der Waals surface area contributed by atoms with E-state index < -0.39 is 0 Å². The summed E-state index contributed by atoms with van der Waals surface area (Å²) in [5, 5.41) is 0. The summed E-state index contributed by atoms with van der Waals surface area (Å²) in [7, 11) is 0. The third-order valence-electron chi connectivity index (χ3n) is 4.47. The van der Waals surface area contributed by atoms with Crippen LogP contribution in [0.1, 0.15) is 53.4 Å². The van der Waals surface area contributed by atoms with Crippen LogP contribution in [0.3, 0.4) is 0 Å². The lowest BCUT2D eigenvalue weighted by Gasteiger charge is -2.48. The van der Waals surface area contributed by atoms with Crippen molar-refractivity contribution in [3.05, 3.63) is 11.6 Å². The van der Waals surface area contributed by atoms with Crippen LogP contribution in [0.15, 0.2) is 11.6 Å². The second kappa shape index (κ2) is 3.20. The molecule has 0 aliphatic heterocycles. The van der Waals surface area contributed by atoms with Gasteiger partial charge in [-0.15, -0.1) is 0 Å². The van der Waals surface area contributed by atoms with E-state index in [0.717, 1.165) is 12.8 Å². The highest BCUT2D eigenvalue weighted by atomic mass is 16.1. The van der Waals surface area contributed by atoms with E-state index in [0.29, 0.717) is 5.78 Å². The second-order valence-electron chi connectivity index (χ2n) is 6.19. The van der Waals surface area contributed by atoms with Crippen LogP contribution in [0, 0.1) is 16.7 Å². The van der Waals surface area contributed by atoms with Crippen LogP contribution in [0.25, 0.3) is 0 Å². The minimum atomic E-state index is -0.139. The van der Waals surface area contributed by atoms with Crippen molar-refractivity contribution in [2.24, 2.45) is 16.7 Å². The molecule has 0 aromatic carbocycles. The molecule has 1 fully saturated rings. The number of hydrogen-bond acceptors (Lipinski definition) is 1. The summed E-state index contributed by atoms with van der Waals surface area (Å²) in [6.45, 7) is 8.82. The SMILES string of the molecule is CC1CC=C2C(C)(C)CCC[C@]2(C)C1=O. The zero-order valence-electron chi connectivity index (χ0n) is 10.4. The lowest BCUT2D eigenvalue weighted by Crippen LogP contribution is -2.44. The van der Waals surface area contributed by atoms with E-state index in [-0.39, 0.29) is 16.7 Å². The molecule has 0 aromatic heterocycles. The summed E-state index contributed by atoms with van der Waals surface area (Å²) in [6, 6.07) is 0. The first kappa shape index (κ1) is 10.9. The normalized spacial score (nSPS) is 39.6. The van der Waals surface area contributed by atoms with Gasteiger partial charge in [0, 0.05) is 11.3 Å². The van der Waals surface area contributed by atoms with Crippen LogP contribution < -0.4 is 0 Å². The number of carbonyl (C=O) groups excluding carboxylic acids is 1. The van der Waals surface area contributed by atoms with E-state index in [2.05, 4.69) is 33.8 Å². The molecule has 0 spiro atoms. The van der Waals surface area contributed by atoms with Gasteiger partial charge in [0.25, 0.3) is 0 Å². The van der Waals surface area contributed by atoms with Gasteiger partial charge in [-0.2, -0.15) is 0 Å².